The number of rotatable bonds is 2. The van der Waals surface area contributed by atoms with Crippen LogP contribution in [-0.2, 0) is 7.05 Å². The van der Waals surface area contributed by atoms with E-state index in [0.29, 0.717) is 0 Å². The second-order valence-electron chi connectivity index (χ2n) is 2.30. The number of aryl methyl sites for hydroxylation is 1. The van der Waals surface area contributed by atoms with E-state index >= 15 is 0 Å². The summed E-state index contributed by atoms with van der Waals surface area (Å²) < 4.78 is 1.70. The van der Waals surface area contributed by atoms with Gasteiger partial charge in [-0.15, -0.1) is 5.10 Å². The van der Waals surface area contributed by atoms with Gasteiger partial charge in [0.1, 0.15) is 0 Å². The SMILES string of the molecule is CC[C@H](N)c1cnnn1C. The highest BCUT2D eigenvalue weighted by Gasteiger charge is 2.06. The molecule has 56 valence electrons. The van der Waals surface area contributed by atoms with Gasteiger partial charge >= 0.3 is 0 Å². The van der Waals surface area contributed by atoms with E-state index in [4.69, 9.17) is 5.73 Å². The van der Waals surface area contributed by atoms with Gasteiger partial charge in [-0.3, -0.25) is 4.68 Å². The maximum Gasteiger partial charge on any atom is 0.0750 e. The van der Waals surface area contributed by atoms with Crippen molar-refractivity contribution in [3.63, 3.8) is 0 Å². The molecule has 0 spiro atoms. The second kappa shape index (κ2) is 2.79. The highest BCUT2D eigenvalue weighted by molar-refractivity contribution is 4.99. The normalized spacial score (nSPS) is 13.5. The predicted molar refractivity (Wildman–Crippen MR) is 38.2 cm³/mol. The van der Waals surface area contributed by atoms with Crippen molar-refractivity contribution in [1.82, 2.24) is 15.0 Å². The van der Waals surface area contributed by atoms with Crippen LogP contribution in [0.5, 0.6) is 0 Å². The maximum atomic E-state index is 5.74. The van der Waals surface area contributed by atoms with E-state index < -0.39 is 0 Å². The van der Waals surface area contributed by atoms with Gasteiger partial charge in [-0.05, 0) is 6.42 Å². The molecular weight excluding hydrogens is 128 g/mol. The summed E-state index contributed by atoms with van der Waals surface area (Å²) in [6.07, 6.45) is 2.62. The molecule has 0 aliphatic heterocycles. The van der Waals surface area contributed by atoms with Crippen molar-refractivity contribution in [2.45, 2.75) is 19.4 Å². The smallest absolute Gasteiger partial charge is 0.0750 e. The minimum absolute atomic E-state index is 0.0694. The van der Waals surface area contributed by atoms with E-state index in [2.05, 4.69) is 10.3 Å². The van der Waals surface area contributed by atoms with Gasteiger partial charge < -0.3 is 5.73 Å². The number of nitrogens with zero attached hydrogens (tertiary/aromatic N) is 3. The van der Waals surface area contributed by atoms with Crippen LogP contribution >= 0.6 is 0 Å². The third-order valence-corrected chi connectivity index (χ3v) is 1.57. The van der Waals surface area contributed by atoms with Gasteiger partial charge in [0.25, 0.3) is 0 Å². The third-order valence-electron chi connectivity index (χ3n) is 1.57. The fourth-order valence-corrected chi connectivity index (χ4v) is 0.842. The average molecular weight is 140 g/mol. The first-order valence-electron chi connectivity index (χ1n) is 3.36. The molecule has 0 amide bonds. The Morgan fingerprint density at radius 3 is 2.90 bits per heavy atom. The Kier molecular flexibility index (Phi) is 2.01. The summed E-state index contributed by atoms with van der Waals surface area (Å²) in [5.74, 6) is 0. The van der Waals surface area contributed by atoms with Crippen LogP contribution in [0.2, 0.25) is 0 Å². The Bertz CT molecular complexity index is 205. The number of nitrogens with two attached hydrogens (primary N) is 1. The fourth-order valence-electron chi connectivity index (χ4n) is 0.842. The zero-order chi connectivity index (χ0) is 7.56. The average Bonchev–Trinajstić information content (AvgIpc) is 2.34. The molecule has 1 aromatic rings. The van der Waals surface area contributed by atoms with Crippen LogP contribution in [-0.4, -0.2) is 15.0 Å². The first-order chi connectivity index (χ1) is 4.75. The van der Waals surface area contributed by atoms with Gasteiger partial charge in [0, 0.05) is 13.1 Å². The van der Waals surface area contributed by atoms with Gasteiger partial charge in [-0.2, -0.15) is 0 Å². The Morgan fingerprint density at radius 1 is 1.80 bits per heavy atom. The summed E-state index contributed by atoms with van der Waals surface area (Å²) in [6.45, 7) is 2.04. The Morgan fingerprint density at radius 2 is 2.50 bits per heavy atom. The van der Waals surface area contributed by atoms with Crippen LogP contribution in [0.25, 0.3) is 0 Å². The van der Waals surface area contributed by atoms with Crippen LogP contribution in [0.4, 0.5) is 0 Å². The molecule has 0 unspecified atom stereocenters. The molecule has 1 atom stereocenters. The van der Waals surface area contributed by atoms with Crippen molar-refractivity contribution < 1.29 is 0 Å². The lowest BCUT2D eigenvalue weighted by Gasteiger charge is -2.06. The molecule has 0 aliphatic carbocycles. The van der Waals surface area contributed by atoms with Crippen LogP contribution in [0.3, 0.4) is 0 Å². The maximum absolute atomic E-state index is 5.74. The molecule has 0 aliphatic rings. The molecule has 0 bridgehead atoms. The first-order valence-corrected chi connectivity index (χ1v) is 3.36. The van der Waals surface area contributed by atoms with Crippen LogP contribution < -0.4 is 5.73 Å². The van der Waals surface area contributed by atoms with Crippen LogP contribution in [0.1, 0.15) is 25.1 Å². The molecule has 0 radical (unpaired) electrons. The van der Waals surface area contributed by atoms with Gasteiger partial charge in [0.15, 0.2) is 0 Å². The van der Waals surface area contributed by atoms with Crippen LogP contribution in [0.15, 0.2) is 6.20 Å². The van der Waals surface area contributed by atoms with E-state index in [1.165, 1.54) is 0 Å². The number of hydrogen-bond acceptors (Lipinski definition) is 3. The third kappa shape index (κ3) is 1.16. The Labute approximate surface area is 60.0 Å². The van der Waals surface area contributed by atoms with E-state index in [-0.39, 0.29) is 6.04 Å². The lowest BCUT2D eigenvalue weighted by molar-refractivity contribution is 0.597. The zero-order valence-electron chi connectivity index (χ0n) is 6.28. The van der Waals surface area contributed by atoms with Crippen molar-refractivity contribution in [2.24, 2.45) is 12.8 Å². The Hall–Kier alpha value is -0.900. The Balaban J connectivity index is 2.82. The van der Waals surface area contributed by atoms with Gasteiger partial charge in [-0.1, -0.05) is 12.1 Å². The van der Waals surface area contributed by atoms with E-state index in [1.54, 1.807) is 10.9 Å². The quantitative estimate of drug-likeness (QED) is 0.639. The number of aromatic nitrogens is 3. The topological polar surface area (TPSA) is 56.7 Å². The summed E-state index contributed by atoms with van der Waals surface area (Å²) in [5.41, 5.74) is 6.73. The van der Waals surface area contributed by atoms with Crippen molar-refractivity contribution >= 4 is 0 Å². The highest BCUT2D eigenvalue weighted by Crippen LogP contribution is 2.09. The molecule has 0 saturated carbocycles. The molecular formula is C6H12N4. The minimum atomic E-state index is 0.0694. The monoisotopic (exact) mass is 140 g/mol. The molecule has 0 aromatic carbocycles. The first kappa shape index (κ1) is 7.21. The van der Waals surface area contributed by atoms with Gasteiger partial charge in [-0.25, -0.2) is 0 Å². The van der Waals surface area contributed by atoms with Gasteiger partial charge in [0.2, 0.25) is 0 Å². The highest BCUT2D eigenvalue weighted by atomic mass is 15.4. The molecule has 1 heterocycles. The van der Waals surface area contributed by atoms with Gasteiger partial charge in [0.05, 0.1) is 11.9 Å². The molecule has 4 heteroatoms. The fraction of sp³-hybridized carbons (Fsp3) is 0.667. The molecule has 1 aromatic heterocycles. The van der Waals surface area contributed by atoms with Crippen LogP contribution in [0, 0.1) is 0 Å². The summed E-state index contributed by atoms with van der Waals surface area (Å²) in [7, 11) is 1.85. The standard InChI is InChI=1S/C6H12N4/c1-3-5(7)6-4-8-9-10(6)2/h4-5H,3,7H2,1-2H3/t5-/m0/s1. The lowest BCUT2D eigenvalue weighted by atomic mass is 10.2. The lowest BCUT2D eigenvalue weighted by Crippen LogP contribution is -2.13. The van der Waals surface area contributed by atoms with Crippen molar-refractivity contribution in [3.8, 4) is 0 Å². The molecule has 2 N–H and O–H groups in total. The zero-order valence-corrected chi connectivity index (χ0v) is 6.28. The van der Waals surface area contributed by atoms with Crippen molar-refractivity contribution in [1.29, 1.82) is 0 Å². The summed E-state index contributed by atoms with van der Waals surface area (Å²) in [4.78, 5) is 0. The van der Waals surface area contributed by atoms with Crippen molar-refractivity contribution in [2.75, 3.05) is 0 Å². The van der Waals surface area contributed by atoms with E-state index in [0.717, 1.165) is 12.1 Å². The summed E-state index contributed by atoms with van der Waals surface area (Å²) in [6, 6.07) is 0.0694. The number of hydrogen-bond donors (Lipinski definition) is 1. The molecule has 10 heavy (non-hydrogen) atoms. The second-order valence-corrected chi connectivity index (χ2v) is 2.30. The molecule has 1 rings (SSSR count). The molecule has 4 nitrogen and oxygen atoms in total. The molecule has 0 saturated heterocycles. The predicted octanol–water partition coefficient (Wildman–Crippen LogP) is 0.225. The summed E-state index contributed by atoms with van der Waals surface area (Å²) in [5, 5.41) is 7.50. The van der Waals surface area contributed by atoms with Crippen molar-refractivity contribution in [3.05, 3.63) is 11.9 Å². The largest absolute Gasteiger partial charge is 0.323 e. The molecule has 0 fully saturated rings. The minimum Gasteiger partial charge on any atom is -0.323 e. The van der Waals surface area contributed by atoms with E-state index in [9.17, 15) is 0 Å². The van der Waals surface area contributed by atoms with E-state index in [1.807, 2.05) is 14.0 Å². The summed E-state index contributed by atoms with van der Waals surface area (Å²) >= 11 is 0.